The molecule has 0 unspecified atom stereocenters. The van der Waals surface area contributed by atoms with E-state index >= 15 is 0 Å². The maximum atomic E-state index is 12.4. The number of carbonyl (C=O) groups is 1. The first-order chi connectivity index (χ1) is 9.26. The number of aliphatic hydroxyl groups excluding tert-OH is 1. The molecule has 0 atom stereocenters. The summed E-state index contributed by atoms with van der Waals surface area (Å²) in [5.41, 5.74) is 0.811. The van der Waals surface area contributed by atoms with E-state index in [0.29, 0.717) is 24.2 Å². The highest BCUT2D eigenvalue weighted by Gasteiger charge is 2.29. The molecule has 1 amide bonds. The summed E-state index contributed by atoms with van der Waals surface area (Å²) < 4.78 is 0. The summed E-state index contributed by atoms with van der Waals surface area (Å²) in [6.45, 7) is 0.638. The number of aromatic nitrogens is 1. The van der Waals surface area contributed by atoms with Crippen molar-refractivity contribution in [3.8, 4) is 6.07 Å². The Hall–Kier alpha value is -1.93. The van der Waals surface area contributed by atoms with Crippen LogP contribution in [0.25, 0.3) is 0 Å². The molecule has 2 rings (SSSR count). The van der Waals surface area contributed by atoms with Crippen molar-refractivity contribution in [1.82, 2.24) is 9.88 Å². The molecule has 1 aromatic rings. The number of hydrogen-bond donors (Lipinski definition) is 1. The number of rotatable bonds is 5. The van der Waals surface area contributed by atoms with Crippen molar-refractivity contribution in [3.63, 3.8) is 0 Å². The fourth-order valence-corrected chi connectivity index (χ4v) is 2.12. The number of pyridine rings is 1. The minimum atomic E-state index is -0.109. The summed E-state index contributed by atoms with van der Waals surface area (Å²) in [6, 6.07) is 5.45. The molecule has 1 fully saturated rings. The Morgan fingerprint density at radius 3 is 2.79 bits per heavy atom. The zero-order chi connectivity index (χ0) is 13.7. The van der Waals surface area contributed by atoms with Crippen LogP contribution in [-0.4, -0.2) is 40.1 Å². The van der Waals surface area contributed by atoms with Crippen LogP contribution in [0.2, 0.25) is 0 Å². The molecule has 0 aliphatic heterocycles. The zero-order valence-corrected chi connectivity index (χ0v) is 10.7. The lowest BCUT2D eigenvalue weighted by molar-refractivity contribution is 0.0556. The Labute approximate surface area is 112 Å². The molecule has 1 aliphatic rings. The quantitative estimate of drug-likeness (QED) is 0.865. The van der Waals surface area contributed by atoms with Gasteiger partial charge in [-0.1, -0.05) is 0 Å². The van der Waals surface area contributed by atoms with Crippen LogP contribution in [0.3, 0.4) is 0 Å². The van der Waals surface area contributed by atoms with Crippen molar-refractivity contribution in [3.05, 3.63) is 29.6 Å². The lowest BCUT2D eigenvalue weighted by Gasteiger charge is -2.37. The number of nitrogens with zero attached hydrogens (tertiary/aromatic N) is 3. The van der Waals surface area contributed by atoms with E-state index in [9.17, 15) is 4.79 Å². The van der Waals surface area contributed by atoms with Gasteiger partial charge in [0.25, 0.3) is 5.91 Å². The van der Waals surface area contributed by atoms with Crippen LogP contribution in [0.5, 0.6) is 0 Å². The number of hydrogen-bond acceptors (Lipinski definition) is 4. The van der Waals surface area contributed by atoms with Crippen LogP contribution in [0, 0.1) is 11.3 Å². The molecule has 5 heteroatoms. The van der Waals surface area contributed by atoms with Crippen LogP contribution in [0.15, 0.2) is 18.3 Å². The Morgan fingerprint density at radius 1 is 1.53 bits per heavy atom. The van der Waals surface area contributed by atoms with Crippen LogP contribution in [0.4, 0.5) is 0 Å². The predicted molar refractivity (Wildman–Crippen MR) is 69.3 cm³/mol. The third kappa shape index (κ3) is 3.09. The van der Waals surface area contributed by atoms with Gasteiger partial charge in [-0.25, -0.2) is 4.98 Å². The van der Waals surface area contributed by atoms with Gasteiger partial charge in [0.1, 0.15) is 11.8 Å². The monoisotopic (exact) mass is 259 g/mol. The van der Waals surface area contributed by atoms with Gasteiger partial charge in [0, 0.05) is 25.4 Å². The van der Waals surface area contributed by atoms with Crippen molar-refractivity contribution >= 4 is 5.91 Å². The lowest BCUT2D eigenvalue weighted by Crippen LogP contribution is -2.45. The first-order valence-corrected chi connectivity index (χ1v) is 6.54. The summed E-state index contributed by atoms with van der Waals surface area (Å²) in [5, 5.41) is 17.6. The highest BCUT2D eigenvalue weighted by molar-refractivity contribution is 5.92. The van der Waals surface area contributed by atoms with Gasteiger partial charge >= 0.3 is 0 Å². The second-order valence-electron chi connectivity index (χ2n) is 4.70. The smallest absolute Gasteiger partial charge is 0.272 e. The van der Waals surface area contributed by atoms with E-state index in [1.54, 1.807) is 17.0 Å². The Kier molecular flexibility index (Phi) is 4.48. The van der Waals surface area contributed by atoms with Gasteiger partial charge in [0.2, 0.25) is 0 Å². The van der Waals surface area contributed by atoms with Gasteiger partial charge in [0.15, 0.2) is 0 Å². The van der Waals surface area contributed by atoms with E-state index < -0.39 is 0 Å². The van der Waals surface area contributed by atoms with E-state index in [1.165, 1.54) is 6.20 Å². The molecule has 1 aromatic heterocycles. The molecular formula is C14H17N3O2. The Bertz CT molecular complexity index is 474. The molecule has 19 heavy (non-hydrogen) atoms. The Balaban J connectivity index is 2.10. The van der Waals surface area contributed by atoms with Crippen molar-refractivity contribution in [2.45, 2.75) is 31.7 Å². The molecular weight excluding hydrogens is 242 g/mol. The zero-order valence-electron chi connectivity index (χ0n) is 10.7. The van der Waals surface area contributed by atoms with Crippen molar-refractivity contribution < 1.29 is 9.90 Å². The third-order valence-corrected chi connectivity index (χ3v) is 3.45. The molecule has 100 valence electrons. The van der Waals surface area contributed by atoms with Gasteiger partial charge in [-0.3, -0.25) is 4.79 Å². The number of amides is 1. The average molecular weight is 259 g/mol. The molecule has 0 radical (unpaired) electrons. The molecule has 1 N–H and O–H groups in total. The summed E-state index contributed by atoms with van der Waals surface area (Å²) >= 11 is 0. The van der Waals surface area contributed by atoms with E-state index in [1.807, 2.05) is 6.07 Å². The minimum absolute atomic E-state index is 0.0807. The van der Waals surface area contributed by atoms with E-state index in [4.69, 9.17) is 10.4 Å². The van der Waals surface area contributed by atoms with Crippen molar-refractivity contribution in [2.24, 2.45) is 0 Å². The van der Waals surface area contributed by atoms with Gasteiger partial charge in [-0.15, -0.1) is 0 Å². The SMILES string of the molecule is N#Cc1ccc(C(=O)N(CCCO)C2CCC2)nc1. The van der Waals surface area contributed by atoms with Crippen LogP contribution >= 0.6 is 0 Å². The van der Waals surface area contributed by atoms with E-state index in [-0.39, 0.29) is 18.6 Å². The summed E-state index contributed by atoms with van der Waals surface area (Å²) in [7, 11) is 0. The van der Waals surface area contributed by atoms with Gasteiger partial charge in [-0.05, 0) is 37.8 Å². The van der Waals surface area contributed by atoms with Crippen molar-refractivity contribution in [1.29, 1.82) is 5.26 Å². The first kappa shape index (κ1) is 13.5. The molecule has 1 heterocycles. The van der Waals surface area contributed by atoms with Gasteiger partial charge in [-0.2, -0.15) is 5.26 Å². The maximum absolute atomic E-state index is 12.4. The van der Waals surface area contributed by atoms with E-state index in [0.717, 1.165) is 19.3 Å². The second kappa shape index (κ2) is 6.30. The standard InChI is InChI=1S/C14H17N3O2/c15-9-11-5-6-13(16-10-11)14(19)17(7-2-8-18)12-3-1-4-12/h5-6,10,12,18H,1-4,7-8H2. The second-order valence-corrected chi connectivity index (χ2v) is 4.70. The first-order valence-electron chi connectivity index (χ1n) is 6.54. The average Bonchev–Trinajstić information content (AvgIpc) is 2.40. The fourth-order valence-electron chi connectivity index (χ4n) is 2.12. The molecule has 0 bridgehead atoms. The molecule has 0 saturated heterocycles. The highest BCUT2D eigenvalue weighted by Crippen LogP contribution is 2.26. The molecule has 1 saturated carbocycles. The number of nitriles is 1. The normalized spacial score (nSPS) is 14.5. The number of aliphatic hydroxyl groups is 1. The summed E-state index contributed by atoms with van der Waals surface area (Å²) in [5.74, 6) is -0.109. The van der Waals surface area contributed by atoms with Crippen LogP contribution < -0.4 is 0 Å². The third-order valence-electron chi connectivity index (χ3n) is 3.45. The highest BCUT2D eigenvalue weighted by atomic mass is 16.3. The van der Waals surface area contributed by atoms with Crippen LogP contribution in [0.1, 0.15) is 41.7 Å². The van der Waals surface area contributed by atoms with E-state index in [2.05, 4.69) is 4.98 Å². The summed E-state index contributed by atoms with van der Waals surface area (Å²) in [6.07, 6.45) is 5.19. The lowest BCUT2D eigenvalue weighted by atomic mass is 9.91. The van der Waals surface area contributed by atoms with Gasteiger partial charge in [0.05, 0.1) is 5.56 Å². The number of carbonyl (C=O) groups excluding carboxylic acids is 1. The molecule has 5 nitrogen and oxygen atoms in total. The predicted octanol–water partition coefficient (Wildman–Crippen LogP) is 1.33. The molecule has 0 spiro atoms. The fraction of sp³-hybridized carbons (Fsp3) is 0.500. The largest absolute Gasteiger partial charge is 0.396 e. The topological polar surface area (TPSA) is 77.2 Å². The molecule has 1 aliphatic carbocycles. The van der Waals surface area contributed by atoms with Crippen molar-refractivity contribution in [2.75, 3.05) is 13.2 Å². The Morgan fingerprint density at radius 2 is 2.32 bits per heavy atom. The van der Waals surface area contributed by atoms with Crippen LogP contribution in [-0.2, 0) is 0 Å². The van der Waals surface area contributed by atoms with Gasteiger partial charge < -0.3 is 10.0 Å². The molecule has 0 aromatic carbocycles. The summed E-state index contributed by atoms with van der Waals surface area (Å²) in [4.78, 5) is 18.2. The maximum Gasteiger partial charge on any atom is 0.272 e. The minimum Gasteiger partial charge on any atom is -0.396 e.